The number of aromatic nitrogens is 1. The quantitative estimate of drug-likeness (QED) is 0.403. The van der Waals surface area contributed by atoms with Crippen LogP contribution in [0.1, 0.15) is 29.7 Å². The van der Waals surface area contributed by atoms with E-state index in [2.05, 4.69) is 63.4 Å². The van der Waals surface area contributed by atoms with Crippen LogP contribution in [0.2, 0.25) is 0 Å². The highest BCUT2D eigenvalue weighted by Crippen LogP contribution is 2.15. The topological polar surface area (TPSA) is 56.9 Å². The molecule has 27 heavy (non-hydrogen) atoms. The van der Waals surface area contributed by atoms with E-state index in [0.717, 1.165) is 50.9 Å². The van der Waals surface area contributed by atoms with Crippen molar-refractivity contribution < 1.29 is 4.52 Å². The van der Waals surface area contributed by atoms with Gasteiger partial charge in [-0.2, -0.15) is 0 Å². The van der Waals surface area contributed by atoms with Gasteiger partial charge < -0.3 is 14.7 Å². The van der Waals surface area contributed by atoms with Crippen LogP contribution in [0.3, 0.4) is 0 Å². The molecule has 1 aromatic heterocycles. The van der Waals surface area contributed by atoms with Crippen molar-refractivity contribution in [1.82, 2.24) is 20.3 Å². The van der Waals surface area contributed by atoms with Crippen LogP contribution in [0.4, 0.5) is 0 Å². The third-order valence-electron chi connectivity index (χ3n) is 4.97. The Morgan fingerprint density at radius 1 is 1.19 bits per heavy atom. The van der Waals surface area contributed by atoms with E-state index in [9.17, 15) is 0 Å². The number of hydrogen-bond donors (Lipinski definition) is 1. The van der Waals surface area contributed by atoms with E-state index in [0.29, 0.717) is 5.92 Å². The summed E-state index contributed by atoms with van der Waals surface area (Å²) in [5.74, 6) is 1.44. The summed E-state index contributed by atoms with van der Waals surface area (Å²) in [6.07, 6.45) is 1.63. The van der Waals surface area contributed by atoms with E-state index in [1.807, 2.05) is 13.1 Å². The van der Waals surface area contributed by atoms with E-state index >= 15 is 0 Å². The van der Waals surface area contributed by atoms with Gasteiger partial charge in [0, 0.05) is 52.4 Å². The Bertz CT molecular complexity index is 694. The number of benzene rings is 1. The van der Waals surface area contributed by atoms with Gasteiger partial charge in [-0.15, -0.1) is 24.0 Å². The zero-order valence-corrected chi connectivity index (χ0v) is 18.7. The van der Waals surface area contributed by atoms with Gasteiger partial charge in [-0.1, -0.05) is 41.9 Å². The summed E-state index contributed by atoms with van der Waals surface area (Å²) >= 11 is 0. The number of piperazine rings is 1. The summed E-state index contributed by atoms with van der Waals surface area (Å²) in [5.41, 5.74) is 3.65. The van der Waals surface area contributed by atoms with E-state index in [4.69, 9.17) is 4.52 Å². The molecular weight excluding hydrogens is 453 g/mol. The maximum absolute atomic E-state index is 4.91. The Hall–Kier alpha value is -1.61. The third kappa shape index (κ3) is 6.21. The first-order valence-corrected chi connectivity index (χ1v) is 9.29. The second-order valence-electron chi connectivity index (χ2n) is 6.99. The Balaban J connectivity index is 0.00000261. The van der Waals surface area contributed by atoms with Crippen molar-refractivity contribution in [3.63, 3.8) is 0 Å². The molecule has 1 aliphatic rings. The number of rotatable bonds is 5. The fourth-order valence-corrected chi connectivity index (χ4v) is 3.26. The molecule has 1 aromatic carbocycles. The van der Waals surface area contributed by atoms with Gasteiger partial charge >= 0.3 is 0 Å². The summed E-state index contributed by atoms with van der Waals surface area (Å²) in [6, 6.07) is 10.7. The summed E-state index contributed by atoms with van der Waals surface area (Å²) in [7, 11) is 1.86. The second kappa shape index (κ2) is 10.7. The highest BCUT2D eigenvalue weighted by molar-refractivity contribution is 14.0. The monoisotopic (exact) mass is 483 g/mol. The van der Waals surface area contributed by atoms with Gasteiger partial charge in [0.15, 0.2) is 5.96 Å². The van der Waals surface area contributed by atoms with Gasteiger partial charge in [-0.3, -0.25) is 9.89 Å². The molecule has 148 valence electrons. The number of aryl methyl sites for hydroxylation is 1. The molecule has 0 spiro atoms. The average Bonchev–Trinajstić information content (AvgIpc) is 3.17. The highest BCUT2D eigenvalue weighted by Gasteiger charge is 2.20. The summed E-state index contributed by atoms with van der Waals surface area (Å²) in [4.78, 5) is 9.21. The van der Waals surface area contributed by atoms with Crippen molar-refractivity contribution >= 4 is 29.9 Å². The lowest BCUT2D eigenvalue weighted by Gasteiger charge is -2.36. The van der Waals surface area contributed by atoms with E-state index in [1.165, 1.54) is 11.1 Å². The molecule has 0 radical (unpaired) electrons. The van der Waals surface area contributed by atoms with Gasteiger partial charge in [-0.05, 0) is 18.4 Å². The van der Waals surface area contributed by atoms with Crippen molar-refractivity contribution in [1.29, 1.82) is 0 Å². The number of hydrogen-bond acceptors (Lipinski definition) is 4. The van der Waals surface area contributed by atoms with Crippen LogP contribution in [-0.4, -0.2) is 60.7 Å². The predicted molar refractivity (Wildman–Crippen MR) is 120 cm³/mol. The number of aliphatic imine (C=N–C) groups is 1. The third-order valence-corrected chi connectivity index (χ3v) is 4.97. The average molecular weight is 483 g/mol. The normalized spacial score (nSPS) is 16.7. The second-order valence-corrected chi connectivity index (χ2v) is 6.99. The van der Waals surface area contributed by atoms with Gasteiger partial charge in [0.2, 0.25) is 0 Å². The number of nitrogens with one attached hydrogen (secondary N) is 1. The highest BCUT2D eigenvalue weighted by atomic mass is 127. The first kappa shape index (κ1) is 21.7. The molecule has 1 atom stereocenters. The van der Waals surface area contributed by atoms with Crippen LogP contribution in [-0.2, 0) is 6.54 Å². The number of halogens is 1. The number of guanidine groups is 1. The molecule has 3 rings (SSSR count). The van der Waals surface area contributed by atoms with Crippen molar-refractivity contribution in [2.24, 2.45) is 4.99 Å². The van der Waals surface area contributed by atoms with Crippen LogP contribution in [0.15, 0.2) is 46.1 Å². The lowest BCUT2D eigenvalue weighted by atomic mass is 10.0. The molecule has 1 aliphatic heterocycles. The molecule has 1 N–H and O–H groups in total. The molecule has 0 saturated carbocycles. The Morgan fingerprint density at radius 3 is 2.48 bits per heavy atom. The van der Waals surface area contributed by atoms with Crippen LogP contribution >= 0.6 is 24.0 Å². The Kier molecular flexibility index (Phi) is 8.56. The molecule has 2 heterocycles. The standard InChI is InChI=1S/C20H29N5O.HI/c1-16-4-6-18(7-5-16)17(2)14-22-20(21-3)25-11-9-24(10-12-25)15-19-8-13-26-23-19;/h4-8,13,17H,9-12,14-15H2,1-3H3,(H,21,22);1H. The fraction of sp³-hybridized carbons (Fsp3) is 0.500. The lowest BCUT2D eigenvalue weighted by Crippen LogP contribution is -2.52. The smallest absolute Gasteiger partial charge is 0.193 e. The molecule has 2 aromatic rings. The fourth-order valence-electron chi connectivity index (χ4n) is 3.26. The molecular formula is C20H30IN5O. The van der Waals surface area contributed by atoms with Crippen molar-refractivity contribution in [3.8, 4) is 0 Å². The molecule has 7 heteroatoms. The summed E-state index contributed by atoms with van der Waals surface area (Å²) < 4.78 is 4.91. The van der Waals surface area contributed by atoms with Crippen LogP contribution < -0.4 is 5.32 Å². The zero-order valence-electron chi connectivity index (χ0n) is 16.4. The van der Waals surface area contributed by atoms with Crippen molar-refractivity contribution in [2.75, 3.05) is 39.8 Å². The van der Waals surface area contributed by atoms with Crippen LogP contribution in [0.25, 0.3) is 0 Å². The first-order chi connectivity index (χ1) is 12.7. The maximum atomic E-state index is 4.91. The minimum absolute atomic E-state index is 0. The van der Waals surface area contributed by atoms with E-state index in [1.54, 1.807) is 6.26 Å². The molecule has 1 unspecified atom stereocenters. The minimum atomic E-state index is 0. The molecule has 0 amide bonds. The molecule has 0 bridgehead atoms. The SMILES string of the molecule is CN=C(NCC(C)c1ccc(C)cc1)N1CCN(Cc2ccon2)CC1.I. The van der Waals surface area contributed by atoms with Gasteiger partial charge in [0.25, 0.3) is 0 Å². The molecule has 6 nitrogen and oxygen atoms in total. The lowest BCUT2D eigenvalue weighted by molar-refractivity contribution is 0.169. The van der Waals surface area contributed by atoms with E-state index in [-0.39, 0.29) is 24.0 Å². The predicted octanol–water partition coefficient (Wildman–Crippen LogP) is 3.10. The number of nitrogens with zero attached hydrogens (tertiary/aromatic N) is 4. The van der Waals surface area contributed by atoms with Crippen LogP contribution in [0.5, 0.6) is 0 Å². The Labute approximate surface area is 179 Å². The van der Waals surface area contributed by atoms with Crippen molar-refractivity contribution in [2.45, 2.75) is 26.3 Å². The summed E-state index contributed by atoms with van der Waals surface area (Å²) in [5, 5.41) is 7.54. The van der Waals surface area contributed by atoms with Gasteiger partial charge in [0.1, 0.15) is 6.26 Å². The first-order valence-electron chi connectivity index (χ1n) is 9.29. The largest absolute Gasteiger partial charge is 0.364 e. The zero-order chi connectivity index (χ0) is 18.4. The maximum Gasteiger partial charge on any atom is 0.193 e. The molecule has 1 saturated heterocycles. The van der Waals surface area contributed by atoms with Crippen molar-refractivity contribution in [3.05, 3.63) is 53.4 Å². The van der Waals surface area contributed by atoms with Gasteiger partial charge in [-0.25, -0.2) is 0 Å². The minimum Gasteiger partial charge on any atom is -0.364 e. The Morgan fingerprint density at radius 2 is 1.89 bits per heavy atom. The van der Waals surface area contributed by atoms with E-state index < -0.39 is 0 Å². The summed E-state index contributed by atoms with van der Waals surface area (Å²) in [6.45, 7) is 10.0. The molecule has 1 fully saturated rings. The molecule has 0 aliphatic carbocycles. The van der Waals surface area contributed by atoms with Gasteiger partial charge in [0.05, 0.1) is 5.69 Å². The van der Waals surface area contributed by atoms with Crippen LogP contribution in [0, 0.1) is 6.92 Å².